The molecule has 2 saturated heterocycles. The van der Waals surface area contributed by atoms with E-state index in [1.54, 1.807) is 4.31 Å². The third-order valence-corrected chi connectivity index (χ3v) is 6.34. The largest absolute Gasteiger partial charge is 0.315 e. The molecule has 2 atom stereocenters. The Labute approximate surface area is 123 Å². The molecule has 0 aliphatic carbocycles. The van der Waals surface area contributed by atoms with Gasteiger partial charge in [0, 0.05) is 19.1 Å². The number of sulfonamides is 1. The molecule has 0 bridgehead atoms. The van der Waals surface area contributed by atoms with Crippen LogP contribution in [0.25, 0.3) is 0 Å². The minimum atomic E-state index is -3.61. The zero-order chi connectivity index (χ0) is 14.3. The van der Waals surface area contributed by atoms with Crippen molar-refractivity contribution in [1.82, 2.24) is 9.62 Å². The topological polar surface area (TPSA) is 49.4 Å². The molecule has 2 heterocycles. The molecule has 2 fully saturated rings. The third kappa shape index (κ3) is 2.35. The molecule has 1 N–H and O–H groups in total. The molecular formula is C13H16ClFN2O2S. The van der Waals surface area contributed by atoms with Crippen LogP contribution in [0, 0.1) is 11.7 Å². The fraction of sp³-hybridized carbons (Fsp3) is 0.538. The van der Waals surface area contributed by atoms with E-state index in [2.05, 4.69) is 5.32 Å². The number of hydrogen-bond donors (Lipinski definition) is 1. The highest BCUT2D eigenvalue weighted by Gasteiger charge is 2.41. The van der Waals surface area contributed by atoms with E-state index in [4.69, 9.17) is 11.6 Å². The zero-order valence-electron chi connectivity index (χ0n) is 10.9. The Balaban J connectivity index is 1.96. The number of fused-ring (bicyclic) bond motifs is 1. The molecule has 0 aromatic heterocycles. The van der Waals surface area contributed by atoms with E-state index in [0.29, 0.717) is 19.0 Å². The monoisotopic (exact) mass is 318 g/mol. The molecule has 7 heteroatoms. The van der Waals surface area contributed by atoms with Gasteiger partial charge in [-0.2, -0.15) is 4.31 Å². The van der Waals surface area contributed by atoms with Crippen LogP contribution < -0.4 is 5.32 Å². The van der Waals surface area contributed by atoms with Gasteiger partial charge in [0.25, 0.3) is 0 Å². The van der Waals surface area contributed by atoms with E-state index in [9.17, 15) is 12.8 Å². The number of benzene rings is 1. The highest BCUT2D eigenvalue weighted by Crippen LogP contribution is 2.32. The van der Waals surface area contributed by atoms with Crippen LogP contribution in [0.5, 0.6) is 0 Å². The van der Waals surface area contributed by atoms with Gasteiger partial charge in [0.2, 0.25) is 10.0 Å². The summed E-state index contributed by atoms with van der Waals surface area (Å²) in [7, 11) is -3.61. The van der Waals surface area contributed by atoms with Crippen LogP contribution in [0.4, 0.5) is 4.39 Å². The summed E-state index contributed by atoms with van der Waals surface area (Å²) in [4.78, 5) is 0.0662. The Kier molecular flexibility index (Phi) is 3.75. The molecule has 0 radical (unpaired) electrons. The van der Waals surface area contributed by atoms with Crippen molar-refractivity contribution in [3.05, 3.63) is 29.0 Å². The second-order valence-corrected chi connectivity index (χ2v) is 7.62. The second-order valence-electron chi connectivity index (χ2n) is 5.32. The predicted octanol–water partition coefficient (Wildman–Crippen LogP) is 1.85. The summed E-state index contributed by atoms with van der Waals surface area (Å²) in [6.45, 7) is 2.06. The molecule has 1 aromatic rings. The molecule has 4 nitrogen and oxygen atoms in total. The van der Waals surface area contributed by atoms with Crippen LogP contribution in [0.2, 0.25) is 5.02 Å². The first kappa shape index (κ1) is 14.3. The van der Waals surface area contributed by atoms with E-state index in [-0.39, 0.29) is 16.0 Å². The first-order valence-corrected chi connectivity index (χ1v) is 8.49. The molecule has 2 aliphatic heterocycles. The van der Waals surface area contributed by atoms with Crippen molar-refractivity contribution >= 4 is 21.6 Å². The highest BCUT2D eigenvalue weighted by atomic mass is 35.5. The molecule has 0 saturated carbocycles. The van der Waals surface area contributed by atoms with Crippen LogP contribution in [-0.4, -0.2) is 38.4 Å². The summed E-state index contributed by atoms with van der Waals surface area (Å²) in [6.07, 6.45) is 1.91. The van der Waals surface area contributed by atoms with Crippen LogP contribution in [0.3, 0.4) is 0 Å². The summed E-state index contributed by atoms with van der Waals surface area (Å²) in [5, 5.41) is 3.08. The van der Waals surface area contributed by atoms with Crippen LogP contribution in [0.1, 0.15) is 12.8 Å². The molecule has 2 aliphatic rings. The second kappa shape index (κ2) is 5.26. The van der Waals surface area contributed by atoms with Gasteiger partial charge in [-0.25, -0.2) is 12.8 Å². The number of nitrogens with one attached hydrogen (secondary N) is 1. The average Bonchev–Trinajstić information content (AvgIpc) is 2.89. The van der Waals surface area contributed by atoms with Crippen LogP contribution >= 0.6 is 11.6 Å². The van der Waals surface area contributed by atoms with Gasteiger partial charge >= 0.3 is 0 Å². The van der Waals surface area contributed by atoms with Gasteiger partial charge in [-0.15, -0.1) is 0 Å². The summed E-state index contributed by atoms with van der Waals surface area (Å²) in [6, 6.07) is 3.57. The predicted molar refractivity (Wildman–Crippen MR) is 74.7 cm³/mol. The third-order valence-electron chi connectivity index (χ3n) is 4.13. The van der Waals surface area contributed by atoms with E-state index in [1.165, 1.54) is 12.1 Å². The number of nitrogens with zero attached hydrogens (tertiary/aromatic N) is 1. The lowest BCUT2D eigenvalue weighted by Gasteiger charge is -2.35. The van der Waals surface area contributed by atoms with Gasteiger partial charge in [-0.3, -0.25) is 0 Å². The van der Waals surface area contributed by atoms with Crippen molar-refractivity contribution in [2.75, 3.05) is 19.6 Å². The normalized spacial score (nSPS) is 27.5. The van der Waals surface area contributed by atoms with Crippen LogP contribution in [0.15, 0.2) is 23.1 Å². The van der Waals surface area contributed by atoms with Gasteiger partial charge < -0.3 is 5.32 Å². The summed E-state index contributed by atoms with van der Waals surface area (Å²) in [5.41, 5.74) is 0. The Bertz CT molecular complexity index is 623. The lowest BCUT2D eigenvalue weighted by atomic mass is 9.94. The zero-order valence-corrected chi connectivity index (χ0v) is 12.4. The fourth-order valence-corrected chi connectivity index (χ4v) is 5.09. The summed E-state index contributed by atoms with van der Waals surface area (Å²) >= 11 is 5.70. The Morgan fingerprint density at radius 1 is 1.35 bits per heavy atom. The van der Waals surface area contributed by atoms with E-state index < -0.39 is 15.8 Å². The number of halogens is 2. The molecule has 0 spiro atoms. The number of hydrogen-bond acceptors (Lipinski definition) is 3. The van der Waals surface area contributed by atoms with Gasteiger partial charge in [0.15, 0.2) is 0 Å². The molecule has 20 heavy (non-hydrogen) atoms. The Morgan fingerprint density at radius 3 is 2.90 bits per heavy atom. The van der Waals surface area contributed by atoms with Crippen LogP contribution in [-0.2, 0) is 10.0 Å². The average molecular weight is 319 g/mol. The fourth-order valence-electron chi connectivity index (χ4n) is 3.10. The lowest BCUT2D eigenvalue weighted by molar-refractivity contribution is 0.217. The van der Waals surface area contributed by atoms with Crippen molar-refractivity contribution in [2.45, 2.75) is 23.8 Å². The van der Waals surface area contributed by atoms with Crippen molar-refractivity contribution in [3.8, 4) is 0 Å². The highest BCUT2D eigenvalue weighted by molar-refractivity contribution is 7.89. The quantitative estimate of drug-likeness (QED) is 0.905. The molecule has 0 amide bonds. The van der Waals surface area contributed by atoms with Gasteiger partial charge in [0.1, 0.15) is 5.82 Å². The van der Waals surface area contributed by atoms with E-state index >= 15 is 0 Å². The lowest BCUT2D eigenvalue weighted by Crippen LogP contribution is -2.48. The van der Waals surface area contributed by atoms with E-state index in [0.717, 1.165) is 25.5 Å². The molecule has 1 aromatic carbocycles. The van der Waals surface area contributed by atoms with Gasteiger partial charge in [-0.05, 0) is 43.5 Å². The molecule has 3 rings (SSSR count). The SMILES string of the molecule is O=S(=O)(c1ccc(F)c(Cl)c1)N1CCCC2CNCC21. The Hall–Kier alpha value is -0.690. The molecular weight excluding hydrogens is 303 g/mol. The first-order valence-electron chi connectivity index (χ1n) is 6.68. The minimum absolute atomic E-state index is 0.00224. The maximum absolute atomic E-state index is 13.2. The van der Waals surface area contributed by atoms with Crippen molar-refractivity contribution in [3.63, 3.8) is 0 Å². The molecule has 110 valence electrons. The smallest absolute Gasteiger partial charge is 0.243 e. The van der Waals surface area contributed by atoms with Crippen molar-refractivity contribution < 1.29 is 12.8 Å². The van der Waals surface area contributed by atoms with Crippen molar-refractivity contribution in [1.29, 1.82) is 0 Å². The Morgan fingerprint density at radius 2 is 2.15 bits per heavy atom. The van der Waals surface area contributed by atoms with Crippen molar-refractivity contribution in [2.24, 2.45) is 5.92 Å². The standard InChI is InChI=1S/C13H16ClFN2O2S/c14-11-6-10(3-4-12(11)15)20(18,19)17-5-1-2-9-7-16-8-13(9)17/h3-4,6,9,13,16H,1-2,5,7-8H2. The number of piperidine rings is 1. The molecule has 2 unspecified atom stereocenters. The summed E-state index contributed by atoms with van der Waals surface area (Å²) in [5.74, 6) is -0.237. The first-order chi connectivity index (χ1) is 9.50. The maximum atomic E-state index is 13.2. The maximum Gasteiger partial charge on any atom is 0.243 e. The number of rotatable bonds is 2. The van der Waals surface area contributed by atoms with Gasteiger partial charge in [0.05, 0.1) is 9.92 Å². The van der Waals surface area contributed by atoms with E-state index in [1.807, 2.05) is 0 Å². The van der Waals surface area contributed by atoms with Gasteiger partial charge in [-0.1, -0.05) is 11.6 Å². The minimum Gasteiger partial charge on any atom is -0.315 e. The summed E-state index contributed by atoms with van der Waals surface area (Å²) < 4.78 is 40.2.